The summed E-state index contributed by atoms with van der Waals surface area (Å²) < 4.78 is 18.3. The molecule has 1 heterocycles. The van der Waals surface area contributed by atoms with Gasteiger partial charge in [-0.25, -0.2) is 0 Å². The second-order valence-corrected chi connectivity index (χ2v) is 7.79. The minimum absolute atomic E-state index is 0.163. The van der Waals surface area contributed by atoms with Gasteiger partial charge in [0, 0.05) is 25.9 Å². The summed E-state index contributed by atoms with van der Waals surface area (Å²) in [4.78, 5) is 0. The van der Waals surface area contributed by atoms with Gasteiger partial charge in [-0.15, -0.1) is 0 Å². The van der Waals surface area contributed by atoms with Gasteiger partial charge >= 0.3 is 0 Å². The van der Waals surface area contributed by atoms with Gasteiger partial charge < -0.3 is 14.2 Å². The van der Waals surface area contributed by atoms with Crippen molar-refractivity contribution in [2.45, 2.75) is 96.7 Å². The zero-order valence-electron chi connectivity index (χ0n) is 17.0. The third-order valence-electron chi connectivity index (χ3n) is 5.51. The minimum atomic E-state index is -0.494. The van der Waals surface area contributed by atoms with Crippen molar-refractivity contribution < 1.29 is 14.2 Å². The van der Waals surface area contributed by atoms with Gasteiger partial charge in [0.25, 0.3) is 0 Å². The predicted octanol–water partition coefficient (Wildman–Crippen LogP) is 6.46. The molecule has 26 heavy (non-hydrogen) atoms. The Kier molecular flexibility index (Phi) is 9.66. The zero-order valence-corrected chi connectivity index (χ0v) is 17.0. The molecule has 0 radical (unpaired) electrons. The molecule has 1 fully saturated rings. The lowest BCUT2D eigenvalue weighted by molar-refractivity contribution is -0.346. The lowest BCUT2D eigenvalue weighted by Gasteiger charge is -2.43. The topological polar surface area (TPSA) is 27.7 Å². The Morgan fingerprint density at radius 3 is 2.42 bits per heavy atom. The molecule has 0 bridgehead atoms. The first-order valence-electron chi connectivity index (χ1n) is 10.6. The van der Waals surface area contributed by atoms with E-state index in [1.807, 2.05) is 6.07 Å². The third-order valence-corrected chi connectivity index (χ3v) is 5.51. The summed E-state index contributed by atoms with van der Waals surface area (Å²) in [5.74, 6) is -0.0746. The molecular formula is C23H38O3. The third kappa shape index (κ3) is 7.02. The number of hydrogen-bond donors (Lipinski definition) is 0. The van der Waals surface area contributed by atoms with Crippen LogP contribution in [0.25, 0.3) is 0 Å². The van der Waals surface area contributed by atoms with Gasteiger partial charge in [-0.05, 0) is 18.4 Å². The summed E-state index contributed by atoms with van der Waals surface area (Å²) in [6.45, 7) is 5.06. The highest BCUT2D eigenvalue weighted by Gasteiger charge is 2.41. The van der Waals surface area contributed by atoms with Crippen LogP contribution < -0.4 is 0 Å². The molecule has 0 aromatic heterocycles. The molecule has 1 aliphatic rings. The molecule has 0 spiro atoms. The Balaban J connectivity index is 1.86. The molecule has 0 saturated carbocycles. The molecule has 148 valence electrons. The van der Waals surface area contributed by atoms with Crippen LogP contribution in [0, 0.1) is 5.92 Å². The van der Waals surface area contributed by atoms with Crippen LogP contribution in [0.3, 0.4) is 0 Å². The molecule has 1 saturated heterocycles. The molecule has 1 aromatic carbocycles. The fourth-order valence-corrected chi connectivity index (χ4v) is 3.75. The number of methoxy groups -OCH3 is 1. The van der Waals surface area contributed by atoms with Gasteiger partial charge in [0.2, 0.25) is 0 Å². The standard InChI is InChI=1S/C23H38O3/c1-4-5-6-7-8-9-13-17-23(18-16-20(2)22(24-3)26-23)25-19-21-14-11-10-12-15-21/h10-12,14-15,20,22H,4-9,13,16-19H2,1-3H3. The summed E-state index contributed by atoms with van der Waals surface area (Å²) >= 11 is 0. The maximum Gasteiger partial charge on any atom is 0.171 e. The summed E-state index contributed by atoms with van der Waals surface area (Å²) in [6.07, 6.45) is 12.0. The van der Waals surface area contributed by atoms with Crippen molar-refractivity contribution in [3.63, 3.8) is 0 Å². The van der Waals surface area contributed by atoms with Crippen LogP contribution in [0.2, 0.25) is 0 Å². The molecule has 3 unspecified atom stereocenters. The molecule has 1 aliphatic heterocycles. The average molecular weight is 363 g/mol. The number of benzene rings is 1. The van der Waals surface area contributed by atoms with Crippen molar-refractivity contribution >= 4 is 0 Å². The van der Waals surface area contributed by atoms with E-state index in [0.717, 1.165) is 25.7 Å². The van der Waals surface area contributed by atoms with Crippen molar-refractivity contribution in [2.24, 2.45) is 5.92 Å². The minimum Gasteiger partial charge on any atom is -0.355 e. The van der Waals surface area contributed by atoms with Gasteiger partial charge in [0.15, 0.2) is 12.1 Å². The highest BCUT2D eigenvalue weighted by atomic mass is 16.8. The Morgan fingerprint density at radius 1 is 1.04 bits per heavy atom. The Bertz CT molecular complexity index is 476. The normalized spacial score (nSPS) is 26.1. The first kappa shape index (κ1) is 21.4. The molecule has 2 rings (SSSR count). The van der Waals surface area contributed by atoms with E-state index in [9.17, 15) is 0 Å². The van der Waals surface area contributed by atoms with Crippen LogP contribution in [-0.2, 0) is 20.8 Å². The summed E-state index contributed by atoms with van der Waals surface area (Å²) in [6, 6.07) is 10.4. The van der Waals surface area contributed by atoms with Crippen molar-refractivity contribution in [3.05, 3.63) is 35.9 Å². The fraction of sp³-hybridized carbons (Fsp3) is 0.739. The zero-order chi connectivity index (χ0) is 18.7. The average Bonchev–Trinajstić information content (AvgIpc) is 2.68. The maximum atomic E-state index is 6.38. The van der Waals surface area contributed by atoms with E-state index in [1.165, 1.54) is 44.1 Å². The van der Waals surface area contributed by atoms with Crippen molar-refractivity contribution in [3.8, 4) is 0 Å². The van der Waals surface area contributed by atoms with Gasteiger partial charge in [0.05, 0.1) is 6.61 Å². The van der Waals surface area contributed by atoms with Gasteiger partial charge in [0.1, 0.15) is 0 Å². The smallest absolute Gasteiger partial charge is 0.171 e. The van der Waals surface area contributed by atoms with Gasteiger partial charge in [-0.2, -0.15) is 0 Å². The van der Waals surface area contributed by atoms with Crippen molar-refractivity contribution in [1.29, 1.82) is 0 Å². The Labute approximate surface area is 160 Å². The fourth-order valence-electron chi connectivity index (χ4n) is 3.75. The number of hydrogen-bond acceptors (Lipinski definition) is 3. The molecule has 3 atom stereocenters. The highest BCUT2D eigenvalue weighted by Crippen LogP contribution is 2.38. The van der Waals surface area contributed by atoms with Crippen LogP contribution in [0.4, 0.5) is 0 Å². The number of ether oxygens (including phenoxy) is 3. The highest BCUT2D eigenvalue weighted by molar-refractivity contribution is 5.13. The lowest BCUT2D eigenvalue weighted by Crippen LogP contribution is -2.46. The maximum absolute atomic E-state index is 6.38. The number of rotatable bonds is 12. The first-order chi connectivity index (χ1) is 12.7. The van der Waals surface area contributed by atoms with E-state index in [-0.39, 0.29) is 6.29 Å². The molecule has 0 aliphatic carbocycles. The Morgan fingerprint density at radius 2 is 1.73 bits per heavy atom. The van der Waals surface area contributed by atoms with E-state index in [2.05, 4.69) is 38.1 Å². The van der Waals surface area contributed by atoms with Crippen LogP contribution in [-0.4, -0.2) is 19.2 Å². The quantitative estimate of drug-likeness (QED) is 0.399. The molecule has 3 heteroatoms. The summed E-state index contributed by atoms with van der Waals surface area (Å²) in [5, 5.41) is 0. The molecule has 0 amide bonds. The lowest BCUT2D eigenvalue weighted by atomic mass is 9.92. The van der Waals surface area contributed by atoms with Gasteiger partial charge in [-0.3, -0.25) is 0 Å². The van der Waals surface area contributed by atoms with Crippen LogP contribution >= 0.6 is 0 Å². The van der Waals surface area contributed by atoms with E-state index >= 15 is 0 Å². The van der Waals surface area contributed by atoms with E-state index in [1.54, 1.807) is 7.11 Å². The second-order valence-electron chi connectivity index (χ2n) is 7.79. The van der Waals surface area contributed by atoms with E-state index < -0.39 is 5.79 Å². The van der Waals surface area contributed by atoms with Crippen LogP contribution in [0.15, 0.2) is 30.3 Å². The SMILES string of the molecule is CCCCCCCCCC1(OCc2ccccc2)CCC(C)C(OC)O1. The van der Waals surface area contributed by atoms with E-state index in [0.29, 0.717) is 12.5 Å². The largest absolute Gasteiger partial charge is 0.355 e. The molecule has 0 N–H and O–H groups in total. The predicted molar refractivity (Wildman–Crippen MR) is 107 cm³/mol. The van der Waals surface area contributed by atoms with Crippen LogP contribution in [0.1, 0.15) is 83.6 Å². The number of unbranched alkanes of at least 4 members (excludes halogenated alkanes) is 6. The monoisotopic (exact) mass is 362 g/mol. The van der Waals surface area contributed by atoms with Crippen molar-refractivity contribution in [2.75, 3.05) is 7.11 Å². The summed E-state index contributed by atoms with van der Waals surface area (Å²) in [7, 11) is 1.74. The molecule has 1 aromatic rings. The molecule has 3 nitrogen and oxygen atoms in total. The van der Waals surface area contributed by atoms with Crippen LogP contribution in [0.5, 0.6) is 0 Å². The van der Waals surface area contributed by atoms with Gasteiger partial charge in [-0.1, -0.05) is 82.7 Å². The Hall–Kier alpha value is -0.900. The first-order valence-corrected chi connectivity index (χ1v) is 10.6. The summed E-state index contributed by atoms with van der Waals surface area (Å²) in [5.41, 5.74) is 1.20. The molecular weight excluding hydrogens is 324 g/mol. The van der Waals surface area contributed by atoms with E-state index in [4.69, 9.17) is 14.2 Å². The second kappa shape index (κ2) is 11.7. The van der Waals surface area contributed by atoms with Crippen molar-refractivity contribution in [1.82, 2.24) is 0 Å².